The number of alkyl halides is 10. The third-order valence-corrected chi connectivity index (χ3v) is 3.22. The molecular weight excluding hydrogens is 369 g/mol. The lowest BCUT2D eigenvalue weighted by molar-refractivity contribution is -0.343. The van der Waals surface area contributed by atoms with Crippen molar-refractivity contribution in [2.24, 2.45) is 0 Å². The summed E-state index contributed by atoms with van der Waals surface area (Å²) in [7, 11) is -6.42. The highest BCUT2D eigenvalue weighted by molar-refractivity contribution is 7.48. The third-order valence-electron chi connectivity index (χ3n) is 1.86. The van der Waals surface area contributed by atoms with Crippen molar-refractivity contribution in [3.63, 3.8) is 0 Å². The number of hydrogen-bond acceptors (Lipinski definition) is 4. The minimum atomic E-state index is -6.46. The number of rotatable bonds is 9. The molecule has 0 aliphatic carbocycles. The Kier molecular flexibility index (Phi) is 6.32. The molecule has 0 atom stereocenters. The first-order valence-electron chi connectivity index (χ1n) is 4.80. The zero-order valence-electron chi connectivity index (χ0n) is 10.3. The van der Waals surface area contributed by atoms with Crippen LogP contribution in [0.5, 0.6) is 0 Å². The van der Waals surface area contributed by atoms with E-state index in [1.807, 2.05) is 0 Å². The van der Waals surface area contributed by atoms with Crippen LogP contribution in [0.2, 0.25) is 0 Å². The summed E-state index contributed by atoms with van der Waals surface area (Å²) in [6, 6.07) is 0. The molecule has 0 aromatic carbocycles. The highest BCUT2D eigenvalue weighted by Gasteiger charge is 2.66. The molecule has 0 aromatic heterocycles. The molecule has 22 heavy (non-hydrogen) atoms. The summed E-state index contributed by atoms with van der Waals surface area (Å²) in [5.74, 6) is -11.3. The van der Waals surface area contributed by atoms with Crippen LogP contribution < -0.4 is 0 Å². The summed E-state index contributed by atoms with van der Waals surface area (Å²) in [5, 5.41) is 0. The topological polar surface area (TPSA) is 44.8 Å². The predicted octanol–water partition coefficient (Wildman–Crippen LogP) is 4.17. The summed E-state index contributed by atoms with van der Waals surface area (Å²) in [4.78, 5) is 0. The lowest BCUT2D eigenvalue weighted by Gasteiger charge is -2.30. The lowest BCUT2D eigenvalue weighted by Crippen LogP contribution is -2.47. The van der Waals surface area contributed by atoms with Crippen LogP contribution in [0.25, 0.3) is 0 Å². The second-order valence-electron chi connectivity index (χ2n) is 3.52. The van der Waals surface area contributed by atoms with Crippen LogP contribution in [0, 0.1) is 0 Å². The van der Waals surface area contributed by atoms with E-state index in [0.29, 0.717) is 0 Å². The van der Waals surface area contributed by atoms with E-state index in [9.17, 15) is 48.5 Å². The molecule has 0 aliphatic heterocycles. The largest absolute Gasteiger partial charge is 0.484 e. The van der Waals surface area contributed by atoms with Gasteiger partial charge in [0.2, 0.25) is 0 Å². The van der Waals surface area contributed by atoms with E-state index >= 15 is 0 Å². The molecule has 0 saturated heterocycles. The first kappa shape index (κ1) is 21.4. The molecule has 0 rings (SSSR count). The predicted molar refractivity (Wildman–Crippen MR) is 48.5 cm³/mol. The second kappa shape index (κ2) is 6.49. The summed E-state index contributed by atoms with van der Waals surface area (Å²) in [6.45, 7) is -6.17. The Morgan fingerprint density at radius 1 is 0.773 bits per heavy atom. The van der Waals surface area contributed by atoms with Crippen molar-refractivity contribution in [3.8, 4) is 0 Å². The van der Waals surface area contributed by atoms with E-state index in [0.717, 1.165) is 0 Å². The van der Waals surface area contributed by atoms with Crippen molar-refractivity contribution >= 4 is 7.82 Å². The Bertz CT molecular complexity index is 393. The van der Waals surface area contributed by atoms with Crippen LogP contribution in [0.3, 0.4) is 0 Å². The quantitative estimate of drug-likeness (QED) is 0.448. The van der Waals surface area contributed by atoms with Crippen LogP contribution >= 0.6 is 7.82 Å². The zero-order chi connectivity index (χ0) is 18.0. The minimum absolute atomic E-state index is 0.0358. The highest BCUT2D eigenvalue weighted by Crippen LogP contribution is 2.60. The Labute approximate surface area is 115 Å². The maximum Gasteiger partial charge on any atom is 0.484 e. The Hall–Kier alpha value is -0.590. The van der Waals surface area contributed by atoms with Crippen LogP contribution in [0.4, 0.5) is 43.9 Å². The molecule has 134 valence electrons. The maximum atomic E-state index is 12.8. The highest BCUT2D eigenvalue weighted by atomic mass is 31.2. The fourth-order valence-corrected chi connectivity index (χ4v) is 1.68. The smallest absolute Gasteiger partial charge is 0.290 e. The fourth-order valence-electron chi connectivity index (χ4n) is 0.663. The van der Waals surface area contributed by atoms with Gasteiger partial charge in [-0.05, 0) is 0 Å². The van der Waals surface area contributed by atoms with Crippen molar-refractivity contribution in [2.75, 3.05) is 20.5 Å². The fraction of sp³-hybridized carbons (Fsp3) is 1.00. The van der Waals surface area contributed by atoms with E-state index < -0.39 is 45.2 Å². The van der Waals surface area contributed by atoms with Crippen molar-refractivity contribution in [1.82, 2.24) is 0 Å². The van der Waals surface area contributed by atoms with Gasteiger partial charge in [-0.25, -0.2) is 22.4 Å². The minimum Gasteiger partial charge on any atom is -0.290 e. The Morgan fingerprint density at radius 3 is 1.23 bits per heavy atom. The van der Waals surface area contributed by atoms with Gasteiger partial charge in [-0.3, -0.25) is 4.52 Å². The van der Waals surface area contributed by atoms with Gasteiger partial charge in [-0.15, -0.1) is 0 Å². The molecule has 0 aliphatic rings. The van der Waals surface area contributed by atoms with E-state index in [1.165, 1.54) is 0 Å². The van der Waals surface area contributed by atoms with E-state index in [-0.39, 0.29) is 7.11 Å². The third kappa shape index (κ3) is 4.46. The number of halogens is 10. The molecule has 15 heteroatoms. The molecule has 0 bridgehead atoms. The average molecular weight is 376 g/mol. The van der Waals surface area contributed by atoms with Gasteiger partial charge in [0.05, 0.1) is 0 Å². The molecule has 0 amide bonds. The first-order chi connectivity index (χ1) is 9.60. The molecule has 0 fully saturated rings. The van der Waals surface area contributed by atoms with Gasteiger partial charge in [0.25, 0.3) is 0 Å². The average Bonchev–Trinajstić information content (AvgIpc) is 2.36. The monoisotopic (exact) mass is 376 g/mol. The molecule has 0 aromatic rings. The number of phosphoric acid groups is 1. The van der Waals surface area contributed by atoms with Gasteiger partial charge >= 0.3 is 31.9 Å². The van der Waals surface area contributed by atoms with Crippen molar-refractivity contribution in [3.05, 3.63) is 0 Å². The summed E-state index contributed by atoms with van der Waals surface area (Å²) in [6.07, 6.45) is -12.0. The van der Waals surface area contributed by atoms with Gasteiger partial charge < -0.3 is 0 Å². The zero-order valence-corrected chi connectivity index (χ0v) is 11.2. The van der Waals surface area contributed by atoms with Gasteiger partial charge in [0.1, 0.15) is 0 Å². The SMILES string of the molecule is COP(=O)(OC(F)(F)C(F)(F)CF)OC(F)(F)C(F)(F)CF. The van der Waals surface area contributed by atoms with Crippen molar-refractivity contribution in [1.29, 1.82) is 0 Å². The van der Waals surface area contributed by atoms with E-state index in [2.05, 4.69) is 13.6 Å². The summed E-state index contributed by atoms with van der Waals surface area (Å²) >= 11 is 0. The van der Waals surface area contributed by atoms with Crippen molar-refractivity contribution in [2.45, 2.75) is 24.1 Å². The maximum absolute atomic E-state index is 12.8. The number of phosphoric ester groups is 1. The molecule has 0 radical (unpaired) electrons. The second-order valence-corrected chi connectivity index (χ2v) is 5.15. The van der Waals surface area contributed by atoms with E-state index in [4.69, 9.17) is 0 Å². The summed E-state index contributed by atoms with van der Waals surface area (Å²) < 4.78 is 144. The molecule has 0 heterocycles. The molecule has 0 unspecified atom stereocenters. The Balaban J connectivity index is 5.45. The van der Waals surface area contributed by atoms with Gasteiger partial charge in [-0.2, -0.15) is 35.1 Å². The molecule has 0 saturated carbocycles. The molecule has 4 nitrogen and oxygen atoms in total. The van der Waals surface area contributed by atoms with Crippen LogP contribution in [0.15, 0.2) is 0 Å². The van der Waals surface area contributed by atoms with Crippen molar-refractivity contribution < 1.29 is 62.0 Å². The Morgan fingerprint density at radius 2 is 1.05 bits per heavy atom. The lowest BCUT2D eigenvalue weighted by atomic mass is 10.3. The van der Waals surface area contributed by atoms with Gasteiger partial charge in [-0.1, -0.05) is 0 Å². The van der Waals surface area contributed by atoms with E-state index in [1.54, 1.807) is 0 Å². The molecule has 0 spiro atoms. The first-order valence-corrected chi connectivity index (χ1v) is 6.26. The molecule has 0 N–H and O–H groups in total. The number of hydrogen-bond donors (Lipinski definition) is 0. The van der Waals surface area contributed by atoms with Crippen LogP contribution in [-0.4, -0.2) is 44.5 Å². The normalized spacial score (nSPS) is 15.2. The standard InChI is InChI=1S/C7H7F10O4P/c1-19-22(18,20-6(14,15)4(10,11)2-8)21-7(16,17)5(12,13)3-9/h2-3H2,1H3. The molecular formula is C7H7F10O4P. The van der Waals surface area contributed by atoms with Gasteiger partial charge in [0.15, 0.2) is 13.3 Å². The summed E-state index contributed by atoms with van der Waals surface area (Å²) in [5.41, 5.74) is 0. The van der Waals surface area contributed by atoms with Gasteiger partial charge in [0, 0.05) is 7.11 Å². The van der Waals surface area contributed by atoms with Crippen LogP contribution in [0.1, 0.15) is 0 Å². The van der Waals surface area contributed by atoms with Crippen LogP contribution in [-0.2, 0) is 18.1 Å².